The van der Waals surface area contributed by atoms with Gasteiger partial charge in [-0.25, -0.2) is 14.2 Å². The summed E-state index contributed by atoms with van der Waals surface area (Å²) in [5.41, 5.74) is 0.0686. The van der Waals surface area contributed by atoms with Gasteiger partial charge in [-0.3, -0.25) is 4.40 Å². The van der Waals surface area contributed by atoms with Crippen LogP contribution in [0.15, 0.2) is 42.6 Å². The number of carboxylic acid groups (broad SMARTS) is 1. The number of hydrogen-bond donors (Lipinski definition) is 2. The summed E-state index contributed by atoms with van der Waals surface area (Å²) in [5.74, 6) is -1.06. The first-order valence-electron chi connectivity index (χ1n) is 6.36. The Kier molecular flexibility index (Phi) is 3.38. The fraction of sp³-hybridized carbons (Fsp3) is 0.0667. The zero-order valence-corrected chi connectivity index (χ0v) is 11.2. The van der Waals surface area contributed by atoms with Crippen molar-refractivity contribution >= 4 is 11.5 Å². The molecule has 6 nitrogen and oxygen atoms in total. The number of ether oxygens (including phenoxy) is 1. The van der Waals surface area contributed by atoms with Crippen LogP contribution in [0, 0.1) is 5.82 Å². The molecule has 0 atom stereocenters. The predicted molar refractivity (Wildman–Crippen MR) is 74.5 cm³/mol. The fourth-order valence-corrected chi connectivity index (χ4v) is 2.10. The Balaban J connectivity index is 1.95. The Morgan fingerprint density at radius 1 is 1.32 bits per heavy atom. The monoisotopic (exact) mass is 302 g/mol. The quantitative estimate of drug-likeness (QED) is 0.773. The van der Waals surface area contributed by atoms with Crippen LogP contribution in [-0.2, 0) is 6.61 Å². The fourth-order valence-electron chi connectivity index (χ4n) is 2.10. The number of aromatic carboxylic acids is 1. The number of rotatable bonds is 4. The number of benzene rings is 1. The molecule has 0 saturated carbocycles. The molecule has 0 spiro atoms. The molecule has 3 aromatic rings. The number of aromatic nitrogens is 2. The molecule has 2 aromatic heterocycles. The SMILES string of the molecule is O=C(O)c1nc(COc2cccc(F)c2)n2ccc(O)cc12. The van der Waals surface area contributed by atoms with Gasteiger partial charge >= 0.3 is 5.97 Å². The van der Waals surface area contributed by atoms with Crippen LogP contribution >= 0.6 is 0 Å². The van der Waals surface area contributed by atoms with Gasteiger partial charge in [0.25, 0.3) is 0 Å². The lowest BCUT2D eigenvalue weighted by Crippen LogP contribution is -2.01. The minimum atomic E-state index is -1.21. The summed E-state index contributed by atoms with van der Waals surface area (Å²) in [6, 6.07) is 8.33. The Labute approximate surface area is 124 Å². The minimum Gasteiger partial charge on any atom is -0.508 e. The van der Waals surface area contributed by atoms with E-state index in [0.717, 1.165) is 0 Å². The van der Waals surface area contributed by atoms with Gasteiger partial charge in [0.15, 0.2) is 11.5 Å². The summed E-state index contributed by atoms with van der Waals surface area (Å²) in [5, 5.41) is 18.6. The van der Waals surface area contributed by atoms with Crippen LogP contribution in [0.5, 0.6) is 11.5 Å². The third kappa shape index (κ3) is 2.56. The molecule has 0 fully saturated rings. The zero-order valence-electron chi connectivity index (χ0n) is 11.2. The van der Waals surface area contributed by atoms with Crippen molar-refractivity contribution in [3.05, 3.63) is 59.9 Å². The molecule has 3 rings (SSSR count). The Bertz CT molecular complexity index is 860. The molecule has 2 N–H and O–H groups in total. The van der Waals surface area contributed by atoms with Crippen LogP contribution < -0.4 is 4.74 Å². The highest BCUT2D eigenvalue weighted by Crippen LogP contribution is 2.20. The smallest absolute Gasteiger partial charge is 0.356 e. The molecular weight excluding hydrogens is 291 g/mol. The van der Waals surface area contributed by atoms with E-state index in [-0.39, 0.29) is 23.6 Å². The molecule has 0 aliphatic heterocycles. The molecule has 0 radical (unpaired) electrons. The first-order chi connectivity index (χ1) is 10.5. The lowest BCUT2D eigenvalue weighted by molar-refractivity contribution is 0.0693. The summed E-state index contributed by atoms with van der Waals surface area (Å²) >= 11 is 0. The van der Waals surface area contributed by atoms with Gasteiger partial charge in [0, 0.05) is 18.3 Å². The van der Waals surface area contributed by atoms with Crippen molar-refractivity contribution in [3.63, 3.8) is 0 Å². The Morgan fingerprint density at radius 3 is 2.86 bits per heavy atom. The molecule has 0 unspecified atom stereocenters. The summed E-state index contributed by atoms with van der Waals surface area (Å²) in [6.07, 6.45) is 1.49. The number of hydrogen-bond acceptors (Lipinski definition) is 4. The zero-order chi connectivity index (χ0) is 15.7. The number of halogens is 1. The van der Waals surface area contributed by atoms with Gasteiger partial charge in [0.05, 0.1) is 5.52 Å². The highest BCUT2D eigenvalue weighted by molar-refractivity contribution is 5.94. The normalized spacial score (nSPS) is 10.8. The van der Waals surface area contributed by atoms with E-state index >= 15 is 0 Å². The molecule has 112 valence electrons. The van der Waals surface area contributed by atoms with Crippen molar-refractivity contribution in [3.8, 4) is 11.5 Å². The first kappa shape index (κ1) is 13.9. The number of fused-ring (bicyclic) bond motifs is 1. The molecule has 1 aromatic carbocycles. The van der Waals surface area contributed by atoms with E-state index in [1.54, 1.807) is 6.07 Å². The van der Waals surface area contributed by atoms with Crippen molar-refractivity contribution < 1.29 is 24.1 Å². The molecular formula is C15H11FN2O4. The largest absolute Gasteiger partial charge is 0.508 e. The Hall–Kier alpha value is -3.09. The van der Waals surface area contributed by atoms with Crippen LogP contribution in [0.25, 0.3) is 5.52 Å². The van der Waals surface area contributed by atoms with Gasteiger partial charge in [-0.05, 0) is 18.2 Å². The van der Waals surface area contributed by atoms with Gasteiger partial charge < -0.3 is 14.9 Å². The topological polar surface area (TPSA) is 84.1 Å². The maximum absolute atomic E-state index is 13.1. The molecule has 22 heavy (non-hydrogen) atoms. The Morgan fingerprint density at radius 2 is 2.14 bits per heavy atom. The van der Waals surface area contributed by atoms with Crippen LogP contribution in [-0.4, -0.2) is 25.6 Å². The highest BCUT2D eigenvalue weighted by Gasteiger charge is 2.17. The molecule has 0 aliphatic rings. The van der Waals surface area contributed by atoms with E-state index in [4.69, 9.17) is 9.84 Å². The third-order valence-corrected chi connectivity index (χ3v) is 3.07. The summed E-state index contributed by atoms with van der Waals surface area (Å²) in [4.78, 5) is 15.2. The summed E-state index contributed by atoms with van der Waals surface area (Å²) in [7, 11) is 0. The van der Waals surface area contributed by atoms with Gasteiger partial charge in [0.1, 0.15) is 23.9 Å². The van der Waals surface area contributed by atoms with Crippen molar-refractivity contribution in [1.29, 1.82) is 0 Å². The van der Waals surface area contributed by atoms with Gasteiger partial charge in [0.2, 0.25) is 0 Å². The van der Waals surface area contributed by atoms with Crippen LogP contribution in [0.1, 0.15) is 16.3 Å². The second-order valence-electron chi connectivity index (χ2n) is 4.57. The number of imidazole rings is 1. The molecule has 0 bridgehead atoms. The van der Waals surface area contributed by atoms with E-state index in [2.05, 4.69) is 4.98 Å². The number of carbonyl (C=O) groups is 1. The minimum absolute atomic E-state index is 0.0390. The maximum Gasteiger partial charge on any atom is 0.356 e. The lowest BCUT2D eigenvalue weighted by Gasteiger charge is -2.05. The predicted octanol–water partition coefficient (Wildman–Crippen LogP) is 2.46. The van der Waals surface area contributed by atoms with Crippen LogP contribution in [0.2, 0.25) is 0 Å². The van der Waals surface area contributed by atoms with Crippen molar-refractivity contribution in [2.75, 3.05) is 0 Å². The second-order valence-corrected chi connectivity index (χ2v) is 4.57. The first-order valence-corrected chi connectivity index (χ1v) is 6.36. The number of pyridine rings is 1. The van der Waals surface area contributed by atoms with Gasteiger partial charge in [-0.1, -0.05) is 6.07 Å². The van der Waals surface area contributed by atoms with E-state index in [9.17, 15) is 14.3 Å². The molecule has 0 amide bonds. The lowest BCUT2D eigenvalue weighted by atomic mass is 10.3. The van der Waals surface area contributed by atoms with Gasteiger partial charge in [-0.2, -0.15) is 0 Å². The average Bonchev–Trinajstić information content (AvgIpc) is 2.83. The molecule has 0 saturated heterocycles. The van der Waals surface area contributed by atoms with E-state index in [1.807, 2.05) is 0 Å². The summed E-state index contributed by atoms with van der Waals surface area (Å²) < 4.78 is 20.0. The van der Waals surface area contributed by atoms with Gasteiger partial charge in [-0.15, -0.1) is 0 Å². The number of nitrogens with zero attached hydrogens (tertiary/aromatic N) is 2. The number of carboxylic acids is 1. The second kappa shape index (κ2) is 5.36. The molecule has 2 heterocycles. The highest BCUT2D eigenvalue weighted by atomic mass is 19.1. The molecule has 0 aliphatic carbocycles. The third-order valence-electron chi connectivity index (χ3n) is 3.07. The number of aromatic hydroxyl groups is 1. The van der Waals surface area contributed by atoms with E-state index in [1.165, 1.54) is 40.9 Å². The van der Waals surface area contributed by atoms with E-state index in [0.29, 0.717) is 11.6 Å². The van der Waals surface area contributed by atoms with Crippen molar-refractivity contribution in [2.45, 2.75) is 6.61 Å². The standard InChI is InChI=1S/C15H11FN2O4/c16-9-2-1-3-11(6-9)22-8-13-17-14(15(20)21)12-7-10(19)4-5-18(12)13/h1-7,19H,8H2,(H,20,21). The van der Waals surface area contributed by atoms with Crippen molar-refractivity contribution in [2.24, 2.45) is 0 Å². The molecule has 7 heteroatoms. The van der Waals surface area contributed by atoms with Crippen molar-refractivity contribution in [1.82, 2.24) is 9.38 Å². The van der Waals surface area contributed by atoms with E-state index < -0.39 is 11.8 Å². The summed E-state index contributed by atoms with van der Waals surface area (Å²) in [6.45, 7) is -0.0390. The maximum atomic E-state index is 13.1. The average molecular weight is 302 g/mol. The van der Waals surface area contributed by atoms with Crippen LogP contribution in [0.3, 0.4) is 0 Å². The van der Waals surface area contributed by atoms with Crippen LogP contribution in [0.4, 0.5) is 4.39 Å².